The molecule has 1 heterocycles. The van der Waals surface area contributed by atoms with E-state index in [1.165, 1.54) is 26.2 Å². The molecule has 0 bridgehead atoms. The summed E-state index contributed by atoms with van der Waals surface area (Å²) in [6.45, 7) is 5.17. The van der Waals surface area contributed by atoms with Crippen LogP contribution in [0.3, 0.4) is 0 Å². The van der Waals surface area contributed by atoms with Crippen molar-refractivity contribution in [3.63, 3.8) is 0 Å². The third-order valence-electron chi connectivity index (χ3n) is 4.82. The zero-order valence-electron chi connectivity index (χ0n) is 16.4. The van der Waals surface area contributed by atoms with Crippen LogP contribution >= 0.6 is 0 Å². The van der Waals surface area contributed by atoms with Gasteiger partial charge >= 0.3 is 0 Å². The van der Waals surface area contributed by atoms with Crippen LogP contribution in [0.4, 0.5) is 0 Å². The average molecular weight is 376 g/mol. The second-order valence-corrected chi connectivity index (χ2v) is 7.18. The number of amides is 1. The van der Waals surface area contributed by atoms with E-state index < -0.39 is 37.3 Å². The average Bonchev–Trinajstić information content (AvgIpc) is 2.60. The number of hydrogen-bond donors (Lipinski definition) is 4. The molecule has 0 spiro atoms. The molecule has 7 nitrogen and oxygen atoms in total. The molecule has 154 valence electrons. The van der Waals surface area contributed by atoms with Crippen molar-refractivity contribution in [2.75, 3.05) is 6.61 Å². The van der Waals surface area contributed by atoms with Gasteiger partial charge in [0, 0.05) is 6.92 Å². The Labute approximate surface area is 157 Å². The SMILES string of the molecule is CCCCCCCC(CCC)OC1OC(CO)C(O)C(O)C1NC(C)=O. The first-order chi connectivity index (χ1) is 12.4. The molecule has 0 aromatic carbocycles. The van der Waals surface area contributed by atoms with Crippen molar-refractivity contribution >= 4 is 5.91 Å². The Kier molecular flexibility index (Phi) is 11.3. The van der Waals surface area contributed by atoms with Crippen LogP contribution in [0.2, 0.25) is 0 Å². The van der Waals surface area contributed by atoms with Gasteiger partial charge in [0.1, 0.15) is 24.4 Å². The second-order valence-electron chi connectivity index (χ2n) is 7.18. The summed E-state index contributed by atoms with van der Waals surface area (Å²) < 4.78 is 11.7. The van der Waals surface area contributed by atoms with Gasteiger partial charge in [0.2, 0.25) is 5.91 Å². The summed E-state index contributed by atoms with van der Waals surface area (Å²) in [7, 11) is 0. The lowest BCUT2D eigenvalue weighted by molar-refractivity contribution is -0.282. The first kappa shape index (κ1) is 23.3. The zero-order chi connectivity index (χ0) is 19.5. The maximum Gasteiger partial charge on any atom is 0.217 e. The van der Waals surface area contributed by atoms with Gasteiger partial charge in [-0.25, -0.2) is 0 Å². The predicted molar refractivity (Wildman–Crippen MR) is 98.5 cm³/mol. The fraction of sp³-hybridized carbons (Fsp3) is 0.947. The van der Waals surface area contributed by atoms with Crippen LogP contribution in [-0.2, 0) is 14.3 Å². The lowest BCUT2D eigenvalue weighted by Gasteiger charge is -2.43. The number of nitrogens with one attached hydrogen (secondary N) is 1. The van der Waals surface area contributed by atoms with Gasteiger partial charge in [0.05, 0.1) is 12.7 Å². The molecule has 7 heteroatoms. The molecule has 6 atom stereocenters. The van der Waals surface area contributed by atoms with Crippen LogP contribution in [-0.4, -0.2) is 64.6 Å². The summed E-state index contributed by atoms with van der Waals surface area (Å²) in [6, 6.07) is -0.871. The molecule has 6 unspecified atom stereocenters. The normalized spacial score (nSPS) is 30.2. The molecule has 1 fully saturated rings. The van der Waals surface area contributed by atoms with Gasteiger partial charge in [-0.15, -0.1) is 0 Å². The largest absolute Gasteiger partial charge is 0.394 e. The highest BCUT2D eigenvalue weighted by atomic mass is 16.7. The quantitative estimate of drug-likeness (QED) is 0.385. The lowest BCUT2D eigenvalue weighted by Crippen LogP contribution is -2.65. The third kappa shape index (κ3) is 7.48. The van der Waals surface area contributed by atoms with E-state index in [0.717, 1.165) is 32.1 Å². The number of carbonyl (C=O) groups excluding carboxylic acids is 1. The Balaban J connectivity index is 2.71. The van der Waals surface area contributed by atoms with Gasteiger partial charge in [-0.2, -0.15) is 0 Å². The van der Waals surface area contributed by atoms with Gasteiger partial charge < -0.3 is 30.1 Å². The summed E-state index contributed by atoms with van der Waals surface area (Å²) in [5.41, 5.74) is 0. The van der Waals surface area contributed by atoms with E-state index in [-0.39, 0.29) is 12.0 Å². The van der Waals surface area contributed by atoms with Crippen molar-refractivity contribution < 1.29 is 29.6 Å². The van der Waals surface area contributed by atoms with Gasteiger partial charge in [-0.1, -0.05) is 52.4 Å². The van der Waals surface area contributed by atoms with Crippen molar-refractivity contribution in [3.05, 3.63) is 0 Å². The number of ether oxygens (including phenoxy) is 2. The van der Waals surface area contributed by atoms with Crippen molar-refractivity contribution in [1.82, 2.24) is 5.32 Å². The summed E-state index contributed by atoms with van der Waals surface area (Å²) in [6.07, 6.45) is 4.09. The van der Waals surface area contributed by atoms with E-state index in [1.807, 2.05) is 0 Å². The van der Waals surface area contributed by atoms with Gasteiger partial charge in [-0.05, 0) is 12.8 Å². The van der Waals surface area contributed by atoms with Crippen molar-refractivity contribution in [3.8, 4) is 0 Å². The molecule has 1 aliphatic rings. The Morgan fingerprint density at radius 2 is 1.77 bits per heavy atom. The van der Waals surface area contributed by atoms with Crippen LogP contribution in [0.15, 0.2) is 0 Å². The van der Waals surface area contributed by atoms with Crippen LogP contribution in [0, 0.1) is 0 Å². The molecule has 4 N–H and O–H groups in total. The Morgan fingerprint density at radius 1 is 1.08 bits per heavy atom. The molecular weight excluding hydrogens is 338 g/mol. The number of carbonyl (C=O) groups is 1. The molecule has 1 aliphatic heterocycles. The second kappa shape index (κ2) is 12.6. The topological polar surface area (TPSA) is 108 Å². The Morgan fingerprint density at radius 3 is 2.35 bits per heavy atom. The van der Waals surface area contributed by atoms with Crippen LogP contribution < -0.4 is 5.32 Å². The Bertz CT molecular complexity index is 394. The number of aliphatic hydroxyl groups excluding tert-OH is 3. The van der Waals surface area contributed by atoms with E-state index in [2.05, 4.69) is 19.2 Å². The van der Waals surface area contributed by atoms with Crippen LogP contribution in [0.5, 0.6) is 0 Å². The highest BCUT2D eigenvalue weighted by Crippen LogP contribution is 2.25. The van der Waals surface area contributed by atoms with Gasteiger partial charge in [-0.3, -0.25) is 4.79 Å². The summed E-state index contributed by atoms with van der Waals surface area (Å²) >= 11 is 0. The first-order valence-corrected chi connectivity index (χ1v) is 9.99. The minimum absolute atomic E-state index is 0.0512. The van der Waals surface area contributed by atoms with Crippen LogP contribution in [0.1, 0.15) is 72.1 Å². The fourth-order valence-electron chi connectivity index (χ4n) is 3.35. The molecule has 0 aromatic heterocycles. The summed E-state index contributed by atoms with van der Waals surface area (Å²) in [4.78, 5) is 11.5. The van der Waals surface area contributed by atoms with E-state index in [9.17, 15) is 20.1 Å². The van der Waals surface area contributed by atoms with E-state index in [1.54, 1.807) is 0 Å². The minimum Gasteiger partial charge on any atom is -0.394 e. The molecular formula is C19H37NO6. The molecule has 1 saturated heterocycles. The van der Waals surface area contributed by atoms with E-state index in [0.29, 0.717) is 0 Å². The Hall–Kier alpha value is -0.730. The first-order valence-electron chi connectivity index (χ1n) is 9.99. The molecule has 0 saturated carbocycles. The predicted octanol–water partition coefficient (Wildman–Crippen LogP) is 1.48. The molecule has 0 aromatic rings. The zero-order valence-corrected chi connectivity index (χ0v) is 16.4. The summed E-state index contributed by atoms with van der Waals surface area (Å²) in [5, 5.41) is 32.4. The highest BCUT2D eigenvalue weighted by Gasteiger charge is 2.45. The van der Waals surface area contributed by atoms with Crippen molar-refractivity contribution in [1.29, 1.82) is 0 Å². The number of unbranched alkanes of at least 4 members (excludes halogenated alkanes) is 4. The molecule has 0 aliphatic carbocycles. The number of hydrogen-bond acceptors (Lipinski definition) is 6. The lowest BCUT2D eigenvalue weighted by atomic mass is 9.96. The smallest absolute Gasteiger partial charge is 0.217 e. The van der Waals surface area contributed by atoms with Gasteiger partial charge in [0.15, 0.2) is 6.29 Å². The maximum atomic E-state index is 11.5. The van der Waals surface area contributed by atoms with Crippen LogP contribution in [0.25, 0.3) is 0 Å². The highest BCUT2D eigenvalue weighted by molar-refractivity contribution is 5.73. The van der Waals surface area contributed by atoms with E-state index >= 15 is 0 Å². The number of rotatable bonds is 12. The minimum atomic E-state index is -1.28. The molecule has 26 heavy (non-hydrogen) atoms. The van der Waals surface area contributed by atoms with E-state index in [4.69, 9.17) is 9.47 Å². The van der Waals surface area contributed by atoms with Gasteiger partial charge in [0.25, 0.3) is 0 Å². The third-order valence-corrected chi connectivity index (χ3v) is 4.82. The van der Waals surface area contributed by atoms with Crippen molar-refractivity contribution in [2.24, 2.45) is 0 Å². The molecule has 1 amide bonds. The monoisotopic (exact) mass is 375 g/mol. The number of aliphatic hydroxyl groups is 3. The summed E-state index contributed by atoms with van der Waals surface area (Å²) in [5.74, 6) is -0.340. The standard InChI is InChI=1S/C19H37NO6/c1-4-6-7-8-9-11-14(10-5-2)25-19-16(20-13(3)22)18(24)17(23)15(12-21)26-19/h14-19,21,23-24H,4-12H2,1-3H3,(H,20,22). The van der Waals surface area contributed by atoms with Crippen molar-refractivity contribution in [2.45, 2.75) is 109 Å². The molecule has 1 rings (SSSR count). The fourth-order valence-corrected chi connectivity index (χ4v) is 3.35. The molecule has 0 radical (unpaired) electrons. The maximum absolute atomic E-state index is 11.5.